The molecule has 0 saturated carbocycles. The van der Waals surface area contributed by atoms with E-state index in [2.05, 4.69) is 4.74 Å². The number of carbonyl (C=O) groups is 2. The fourth-order valence-corrected chi connectivity index (χ4v) is 1.12. The summed E-state index contributed by atoms with van der Waals surface area (Å²) in [4.78, 5) is 22.9. The number of rotatable bonds is 4. The SMILES string of the molecule is C/C(N)=C(\C#N)C(=O)COC(=O)C1=COCCO1. The number of ether oxygens (including phenoxy) is 3. The molecule has 1 aliphatic heterocycles. The number of hydrogen-bond donors (Lipinski definition) is 1. The molecule has 1 rings (SSSR count). The van der Waals surface area contributed by atoms with Crippen LogP contribution in [0.2, 0.25) is 0 Å². The van der Waals surface area contributed by atoms with Gasteiger partial charge in [0.25, 0.3) is 0 Å². The Balaban J connectivity index is 2.54. The lowest BCUT2D eigenvalue weighted by Gasteiger charge is -2.14. The van der Waals surface area contributed by atoms with Crippen molar-refractivity contribution in [3.63, 3.8) is 0 Å². The zero-order valence-electron chi connectivity index (χ0n) is 9.76. The third-order valence-electron chi connectivity index (χ3n) is 1.97. The summed E-state index contributed by atoms with van der Waals surface area (Å²) in [5, 5.41) is 8.68. The van der Waals surface area contributed by atoms with Crippen LogP contribution in [-0.2, 0) is 23.8 Å². The number of ketones is 1. The second-order valence-electron chi connectivity index (χ2n) is 3.37. The first kappa shape index (κ1) is 13.6. The van der Waals surface area contributed by atoms with Crippen molar-refractivity contribution in [2.75, 3.05) is 19.8 Å². The van der Waals surface area contributed by atoms with Crippen LogP contribution in [0, 0.1) is 11.3 Å². The normalized spacial score (nSPS) is 15.2. The Hall–Kier alpha value is -2.49. The van der Waals surface area contributed by atoms with Crippen molar-refractivity contribution in [2.45, 2.75) is 6.92 Å². The Morgan fingerprint density at radius 3 is 2.78 bits per heavy atom. The standard InChI is InChI=1S/C11H12N2O5/c1-7(13)8(4-12)9(14)5-18-11(15)10-6-16-2-3-17-10/h6H,2-3,5,13H2,1H3/b8-7-. The largest absolute Gasteiger partial charge is 0.493 e. The van der Waals surface area contributed by atoms with Crippen molar-refractivity contribution in [1.29, 1.82) is 5.26 Å². The molecule has 1 aliphatic rings. The molecule has 0 aromatic heterocycles. The summed E-state index contributed by atoms with van der Waals surface area (Å²) in [6.07, 6.45) is 1.12. The van der Waals surface area contributed by atoms with E-state index in [1.165, 1.54) is 6.92 Å². The van der Waals surface area contributed by atoms with E-state index in [-0.39, 0.29) is 23.6 Å². The van der Waals surface area contributed by atoms with Crippen molar-refractivity contribution in [2.24, 2.45) is 5.73 Å². The minimum Gasteiger partial charge on any atom is -0.493 e. The van der Waals surface area contributed by atoms with E-state index in [0.717, 1.165) is 6.26 Å². The van der Waals surface area contributed by atoms with Crippen LogP contribution in [-0.4, -0.2) is 31.6 Å². The zero-order valence-corrected chi connectivity index (χ0v) is 9.76. The lowest BCUT2D eigenvalue weighted by Crippen LogP contribution is -2.21. The highest BCUT2D eigenvalue weighted by Gasteiger charge is 2.19. The molecule has 7 heteroatoms. The van der Waals surface area contributed by atoms with Gasteiger partial charge >= 0.3 is 5.97 Å². The molecule has 96 valence electrons. The summed E-state index contributed by atoms with van der Waals surface area (Å²) < 4.78 is 14.5. The van der Waals surface area contributed by atoms with Gasteiger partial charge in [-0.15, -0.1) is 0 Å². The third kappa shape index (κ3) is 3.52. The molecule has 0 unspecified atom stereocenters. The maximum atomic E-state index is 11.5. The summed E-state index contributed by atoms with van der Waals surface area (Å²) in [5.41, 5.74) is 5.19. The number of hydrogen-bond acceptors (Lipinski definition) is 7. The van der Waals surface area contributed by atoms with Gasteiger partial charge < -0.3 is 19.9 Å². The van der Waals surface area contributed by atoms with Crippen molar-refractivity contribution in [1.82, 2.24) is 0 Å². The smallest absolute Gasteiger partial charge is 0.377 e. The highest BCUT2D eigenvalue weighted by molar-refractivity contribution is 6.01. The number of nitrogens with two attached hydrogens (primary N) is 1. The summed E-state index contributed by atoms with van der Waals surface area (Å²) in [6.45, 7) is 1.43. The van der Waals surface area contributed by atoms with Crippen LogP contribution in [0.4, 0.5) is 0 Å². The quantitative estimate of drug-likeness (QED) is 0.417. The Kier molecular flexibility index (Phi) is 4.75. The number of Topliss-reactive ketones (excluding diaryl/α,β-unsaturated/α-hetero) is 1. The van der Waals surface area contributed by atoms with E-state index >= 15 is 0 Å². The molecular formula is C11H12N2O5. The van der Waals surface area contributed by atoms with Crippen LogP contribution in [0.25, 0.3) is 0 Å². The molecular weight excluding hydrogens is 240 g/mol. The van der Waals surface area contributed by atoms with Crippen molar-refractivity contribution in [3.8, 4) is 6.07 Å². The van der Waals surface area contributed by atoms with Crippen LogP contribution < -0.4 is 5.73 Å². The highest BCUT2D eigenvalue weighted by atomic mass is 16.6. The van der Waals surface area contributed by atoms with Crippen molar-refractivity contribution in [3.05, 3.63) is 23.3 Å². The van der Waals surface area contributed by atoms with Crippen molar-refractivity contribution >= 4 is 11.8 Å². The van der Waals surface area contributed by atoms with Gasteiger partial charge in [0, 0.05) is 5.70 Å². The second-order valence-corrected chi connectivity index (χ2v) is 3.37. The topological polar surface area (TPSA) is 112 Å². The maximum Gasteiger partial charge on any atom is 0.377 e. The summed E-state index contributed by atoms with van der Waals surface area (Å²) in [5.74, 6) is -1.60. The molecule has 2 N–H and O–H groups in total. The Morgan fingerprint density at radius 1 is 1.56 bits per heavy atom. The van der Waals surface area contributed by atoms with E-state index in [1.807, 2.05) is 0 Å². The van der Waals surface area contributed by atoms with Gasteiger partial charge in [-0.25, -0.2) is 4.79 Å². The fourth-order valence-electron chi connectivity index (χ4n) is 1.12. The Bertz CT molecular complexity index is 455. The van der Waals surface area contributed by atoms with Crippen LogP contribution >= 0.6 is 0 Å². The maximum absolute atomic E-state index is 11.5. The lowest BCUT2D eigenvalue weighted by atomic mass is 10.1. The molecule has 18 heavy (non-hydrogen) atoms. The van der Waals surface area contributed by atoms with Gasteiger partial charge in [0.1, 0.15) is 31.1 Å². The number of allylic oxidation sites excluding steroid dienone is 1. The molecule has 0 aromatic rings. The third-order valence-corrected chi connectivity index (χ3v) is 1.97. The molecule has 0 amide bonds. The van der Waals surface area contributed by atoms with E-state index in [1.54, 1.807) is 6.07 Å². The number of esters is 1. The second kappa shape index (κ2) is 6.30. The molecule has 0 saturated heterocycles. The average Bonchev–Trinajstić information content (AvgIpc) is 2.37. The van der Waals surface area contributed by atoms with E-state index in [9.17, 15) is 9.59 Å². The van der Waals surface area contributed by atoms with Crippen molar-refractivity contribution < 1.29 is 23.8 Å². The molecule has 0 aliphatic carbocycles. The lowest BCUT2D eigenvalue weighted by molar-refractivity contribution is -0.147. The summed E-state index contributed by atoms with van der Waals surface area (Å²) in [7, 11) is 0. The van der Waals surface area contributed by atoms with E-state index in [0.29, 0.717) is 6.61 Å². The molecule has 1 heterocycles. The van der Waals surface area contributed by atoms with Crippen LogP contribution in [0.5, 0.6) is 0 Å². The van der Waals surface area contributed by atoms with Gasteiger partial charge in [0.05, 0.1) is 0 Å². The molecule has 0 atom stereocenters. The van der Waals surface area contributed by atoms with Gasteiger partial charge in [-0.1, -0.05) is 0 Å². The van der Waals surface area contributed by atoms with Crippen LogP contribution in [0.15, 0.2) is 23.3 Å². The van der Waals surface area contributed by atoms with Gasteiger partial charge in [-0.05, 0) is 6.92 Å². The summed E-state index contributed by atoms with van der Waals surface area (Å²) >= 11 is 0. The van der Waals surface area contributed by atoms with Gasteiger partial charge in [-0.2, -0.15) is 5.26 Å². The first-order valence-electron chi connectivity index (χ1n) is 5.07. The molecule has 0 bridgehead atoms. The summed E-state index contributed by atoms with van der Waals surface area (Å²) in [6, 6.07) is 1.65. The molecule has 0 radical (unpaired) electrons. The molecule has 0 fully saturated rings. The first-order valence-corrected chi connectivity index (χ1v) is 5.07. The molecule has 7 nitrogen and oxygen atoms in total. The Morgan fingerprint density at radius 2 is 2.28 bits per heavy atom. The highest BCUT2D eigenvalue weighted by Crippen LogP contribution is 2.07. The van der Waals surface area contributed by atoms with Crippen LogP contribution in [0.3, 0.4) is 0 Å². The van der Waals surface area contributed by atoms with Crippen LogP contribution in [0.1, 0.15) is 6.92 Å². The van der Waals surface area contributed by atoms with Gasteiger partial charge in [-0.3, -0.25) is 4.79 Å². The van der Waals surface area contributed by atoms with E-state index in [4.69, 9.17) is 20.5 Å². The average molecular weight is 252 g/mol. The minimum atomic E-state index is -0.824. The predicted molar refractivity (Wildman–Crippen MR) is 58.5 cm³/mol. The minimum absolute atomic E-state index is 0.0787. The number of nitriles is 1. The monoisotopic (exact) mass is 252 g/mol. The van der Waals surface area contributed by atoms with Gasteiger partial charge in [0.2, 0.25) is 11.5 Å². The van der Waals surface area contributed by atoms with Gasteiger partial charge in [0.15, 0.2) is 6.61 Å². The zero-order chi connectivity index (χ0) is 13.5. The predicted octanol–water partition coefficient (Wildman–Crippen LogP) is -0.257. The molecule has 0 aromatic carbocycles. The first-order chi connectivity index (χ1) is 8.56. The fraction of sp³-hybridized carbons (Fsp3) is 0.364. The number of carbonyl (C=O) groups excluding carboxylic acids is 2. The van der Waals surface area contributed by atoms with E-state index < -0.39 is 18.4 Å². The molecule has 0 spiro atoms. The Labute approximate surface area is 103 Å². The number of nitrogens with zero attached hydrogens (tertiary/aromatic N) is 1.